The Hall–Kier alpha value is -4.08. The molecule has 2 aliphatic rings. The molecule has 3 aromatic rings. The minimum absolute atomic E-state index is 0.0792. The van der Waals surface area contributed by atoms with E-state index in [0.717, 1.165) is 5.56 Å². The van der Waals surface area contributed by atoms with Crippen LogP contribution in [0, 0.1) is 0 Å². The fraction of sp³-hybridized carbons (Fsp3) is 0.304. The molecule has 1 saturated heterocycles. The molecule has 0 radical (unpaired) electrons. The molecule has 0 spiro atoms. The number of nitrogens with zero attached hydrogens (tertiary/aromatic N) is 4. The number of benzene rings is 2. The number of hydrogen-bond acceptors (Lipinski definition) is 8. The SMILES string of the molecule is O=C(COc1ccc(-c2nnco2)cc1)N1CCN(C(=O)C2COc3ccccc3O2)CC1. The van der Waals surface area contributed by atoms with Crippen molar-refractivity contribution >= 4 is 11.8 Å². The zero-order valence-corrected chi connectivity index (χ0v) is 17.8. The van der Waals surface area contributed by atoms with Gasteiger partial charge in [0, 0.05) is 31.7 Å². The first kappa shape index (κ1) is 20.8. The number of para-hydroxylation sites is 2. The first-order valence-electron chi connectivity index (χ1n) is 10.6. The second-order valence-electron chi connectivity index (χ2n) is 7.63. The second kappa shape index (κ2) is 9.19. The van der Waals surface area contributed by atoms with Gasteiger partial charge < -0.3 is 28.4 Å². The van der Waals surface area contributed by atoms with Gasteiger partial charge >= 0.3 is 0 Å². The average Bonchev–Trinajstić information content (AvgIpc) is 3.42. The van der Waals surface area contributed by atoms with E-state index in [1.807, 2.05) is 18.2 Å². The summed E-state index contributed by atoms with van der Waals surface area (Å²) in [6.45, 7) is 1.84. The van der Waals surface area contributed by atoms with Gasteiger partial charge in [0.15, 0.2) is 18.1 Å². The third-order valence-electron chi connectivity index (χ3n) is 5.55. The lowest BCUT2D eigenvalue weighted by atomic mass is 10.2. The highest BCUT2D eigenvalue weighted by molar-refractivity contribution is 5.83. The molecule has 10 heteroatoms. The predicted octanol–water partition coefficient (Wildman–Crippen LogP) is 1.63. The van der Waals surface area contributed by atoms with Crippen molar-refractivity contribution in [3.63, 3.8) is 0 Å². The molecule has 10 nitrogen and oxygen atoms in total. The van der Waals surface area contributed by atoms with Crippen LogP contribution < -0.4 is 14.2 Å². The van der Waals surface area contributed by atoms with Crippen molar-refractivity contribution in [3.8, 4) is 28.7 Å². The highest BCUT2D eigenvalue weighted by Crippen LogP contribution is 2.31. The van der Waals surface area contributed by atoms with Crippen molar-refractivity contribution in [3.05, 3.63) is 54.9 Å². The van der Waals surface area contributed by atoms with E-state index >= 15 is 0 Å². The highest BCUT2D eigenvalue weighted by Gasteiger charge is 2.33. The molecule has 2 aromatic carbocycles. The van der Waals surface area contributed by atoms with Crippen LogP contribution in [-0.2, 0) is 9.59 Å². The largest absolute Gasteiger partial charge is 0.485 e. The Morgan fingerprint density at radius 2 is 1.70 bits per heavy atom. The van der Waals surface area contributed by atoms with E-state index in [2.05, 4.69) is 10.2 Å². The summed E-state index contributed by atoms with van der Waals surface area (Å²) < 4.78 is 22.2. The number of aromatic nitrogens is 2. The number of amides is 2. The molecule has 0 N–H and O–H groups in total. The third-order valence-corrected chi connectivity index (χ3v) is 5.55. The van der Waals surface area contributed by atoms with Crippen LogP contribution in [-0.4, -0.2) is 77.3 Å². The highest BCUT2D eigenvalue weighted by atomic mass is 16.6. The quantitative estimate of drug-likeness (QED) is 0.577. The third kappa shape index (κ3) is 4.59. The van der Waals surface area contributed by atoms with E-state index in [9.17, 15) is 9.59 Å². The zero-order chi connectivity index (χ0) is 22.6. The van der Waals surface area contributed by atoms with Crippen LogP contribution in [0.2, 0.25) is 0 Å². The van der Waals surface area contributed by atoms with Crippen molar-refractivity contribution in [2.75, 3.05) is 39.4 Å². The Labute approximate surface area is 189 Å². The van der Waals surface area contributed by atoms with Crippen LogP contribution in [0.25, 0.3) is 11.5 Å². The second-order valence-corrected chi connectivity index (χ2v) is 7.63. The van der Waals surface area contributed by atoms with Crippen molar-refractivity contribution < 1.29 is 28.2 Å². The number of ether oxygens (including phenoxy) is 3. The summed E-state index contributed by atoms with van der Waals surface area (Å²) in [5.41, 5.74) is 0.766. The smallest absolute Gasteiger partial charge is 0.267 e. The first-order valence-corrected chi connectivity index (χ1v) is 10.6. The Morgan fingerprint density at radius 3 is 2.42 bits per heavy atom. The van der Waals surface area contributed by atoms with E-state index in [1.54, 1.807) is 40.1 Å². The Bertz CT molecular complexity index is 1110. The lowest BCUT2D eigenvalue weighted by Gasteiger charge is -2.37. The lowest BCUT2D eigenvalue weighted by Crippen LogP contribution is -2.55. The topological polar surface area (TPSA) is 107 Å². The summed E-state index contributed by atoms with van der Waals surface area (Å²) in [4.78, 5) is 28.8. The molecule has 3 heterocycles. The zero-order valence-electron chi connectivity index (χ0n) is 17.8. The molecule has 170 valence electrons. The van der Waals surface area contributed by atoms with Crippen molar-refractivity contribution in [1.29, 1.82) is 0 Å². The molecular weight excluding hydrogens is 428 g/mol. The number of fused-ring (bicyclic) bond motifs is 1. The van der Waals surface area contributed by atoms with Crippen LogP contribution in [0.3, 0.4) is 0 Å². The normalized spacial score (nSPS) is 17.5. The van der Waals surface area contributed by atoms with E-state index < -0.39 is 6.10 Å². The molecule has 0 saturated carbocycles. The minimum Gasteiger partial charge on any atom is -0.485 e. The number of carbonyl (C=O) groups is 2. The van der Waals surface area contributed by atoms with Crippen molar-refractivity contribution in [1.82, 2.24) is 20.0 Å². The van der Waals surface area contributed by atoms with E-state index in [4.69, 9.17) is 18.6 Å². The van der Waals surface area contributed by atoms with Gasteiger partial charge in [-0.05, 0) is 36.4 Å². The van der Waals surface area contributed by atoms with Gasteiger partial charge in [-0.2, -0.15) is 0 Å². The van der Waals surface area contributed by atoms with Crippen LogP contribution in [0.15, 0.2) is 59.3 Å². The van der Waals surface area contributed by atoms with Crippen molar-refractivity contribution in [2.45, 2.75) is 6.10 Å². The van der Waals surface area contributed by atoms with E-state index in [0.29, 0.717) is 49.3 Å². The summed E-state index contributed by atoms with van der Waals surface area (Å²) in [6.07, 6.45) is 0.585. The molecule has 1 fully saturated rings. The Kier molecular flexibility index (Phi) is 5.79. The molecular formula is C23H22N4O6. The molecule has 2 amide bonds. The summed E-state index contributed by atoms with van der Waals surface area (Å²) in [5.74, 6) is 1.93. The van der Waals surface area contributed by atoms with Gasteiger partial charge in [-0.3, -0.25) is 9.59 Å². The van der Waals surface area contributed by atoms with E-state index in [1.165, 1.54) is 6.39 Å². The molecule has 5 rings (SSSR count). The average molecular weight is 450 g/mol. The number of rotatable bonds is 5. The van der Waals surface area contributed by atoms with E-state index in [-0.39, 0.29) is 25.0 Å². The maximum atomic E-state index is 12.8. The van der Waals surface area contributed by atoms with Crippen LogP contribution in [0.1, 0.15) is 0 Å². The van der Waals surface area contributed by atoms with Gasteiger partial charge in [-0.15, -0.1) is 10.2 Å². The molecule has 1 aromatic heterocycles. The molecule has 1 unspecified atom stereocenters. The van der Waals surface area contributed by atoms with Crippen LogP contribution in [0.4, 0.5) is 0 Å². The fourth-order valence-electron chi connectivity index (χ4n) is 3.75. The van der Waals surface area contributed by atoms with Gasteiger partial charge in [-0.1, -0.05) is 12.1 Å². The summed E-state index contributed by atoms with van der Waals surface area (Å²) in [7, 11) is 0. The van der Waals surface area contributed by atoms with Gasteiger partial charge in [0.05, 0.1) is 0 Å². The van der Waals surface area contributed by atoms with Gasteiger partial charge in [0.1, 0.15) is 12.4 Å². The number of hydrogen-bond donors (Lipinski definition) is 0. The van der Waals surface area contributed by atoms with Crippen LogP contribution in [0.5, 0.6) is 17.2 Å². The molecule has 33 heavy (non-hydrogen) atoms. The number of piperazine rings is 1. The lowest BCUT2D eigenvalue weighted by molar-refractivity contribution is -0.146. The maximum absolute atomic E-state index is 12.8. The molecule has 0 bridgehead atoms. The monoisotopic (exact) mass is 450 g/mol. The van der Waals surface area contributed by atoms with Crippen molar-refractivity contribution in [2.24, 2.45) is 0 Å². The fourth-order valence-corrected chi connectivity index (χ4v) is 3.75. The molecule has 1 atom stereocenters. The van der Waals surface area contributed by atoms with Gasteiger partial charge in [-0.25, -0.2) is 0 Å². The Balaban J connectivity index is 1.08. The summed E-state index contributed by atoms with van der Waals surface area (Å²) in [6, 6.07) is 14.3. The summed E-state index contributed by atoms with van der Waals surface area (Å²) in [5, 5.41) is 7.50. The standard InChI is InChI=1S/C23H22N4O6/c28-21(14-30-17-7-5-16(6-8-17)22-25-24-15-32-22)26-9-11-27(12-10-26)23(29)20-13-31-18-3-1-2-4-19(18)33-20/h1-8,15,20H,9-14H2. The Morgan fingerprint density at radius 1 is 0.970 bits per heavy atom. The molecule has 2 aliphatic heterocycles. The van der Waals surface area contributed by atoms with Gasteiger partial charge in [0.2, 0.25) is 18.4 Å². The molecule has 0 aliphatic carbocycles. The predicted molar refractivity (Wildman–Crippen MR) is 115 cm³/mol. The minimum atomic E-state index is -0.680. The maximum Gasteiger partial charge on any atom is 0.267 e. The van der Waals surface area contributed by atoms with Gasteiger partial charge in [0.25, 0.3) is 11.8 Å². The first-order chi connectivity index (χ1) is 16.2. The number of carbonyl (C=O) groups excluding carboxylic acids is 2. The summed E-state index contributed by atoms with van der Waals surface area (Å²) >= 11 is 0. The van der Waals surface area contributed by atoms with Crippen LogP contribution >= 0.6 is 0 Å².